The Hall–Kier alpha value is -0.730. The third-order valence-electron chi connectivity index (χ3n) is 1.91. The number of halogens is 1. The zero-order valence-corrected chi connectivity index (χ0v) is 8.85. The van der Waals surface area contributed by atoms with Crippen molar-refractivity contribution in [2.45, 2.75) is 19.9 Å². The van der Waals surface area contributed by atoms with Gasteiger partial charge < -0.3 is 10.5 Å². The molecule has 1 aromatic carbocycles. The number of rotatable bonds is 2. The predicted octanol–water partition coefficient (Wildman–Crippen LogP) is 2.68. The fraction of sp³-hybridized carbons (Fsp3) is 0.400. The molecule has 72 valence electrons. The van der Waals surface area contributed by atoms with Crippen LogP contribution in [0.25, 0.3) is 0 Å². The minimum absolute atomic E-state index is 0.108. The normalized spacial score (nSPS) is 12.7. The molecule has 0 fully saturated rings. The molecule has 0 aromatic heterocycles. The summed E-state index contributed by atoms with van der Waals surface area (Å²) in [6.45, 7) is 3.86. The van der Waals surface area contributed by atoms with Gasteiger partial charge >= 0.3 is 0 Å². The molecule has 0 radical (unpaired) electrons. The number of hydrogen-bond acceptors (Lipinski definition) is 2. The van der Waals surface area contributed by atoms with E-state index in [-0.39, 0.29) is 6.04 Å². The van der Waals surface area contributed by atoms with Gasteiger partial charge in [0, 0.05) is 16.6 Å². The molecule has 2 nitrogen and oxygen atoms in total. The van der Waals surface area contributed by atoms with Crippen molar-refractivity contribution in [2.24, 2.45) is 5.73 Å². The summed E-state index contributed by atoms with van der Waals surface area (Å²) in [7, 11) is 1.62. The van der Waals surface area contributed by atoms with Crippen LogP contribution in [0.4, 0.5) is 0 Å². The third kappa shape index (κ3) is 2.14. The molecule has 1 aromatic rings. The first-order valence-corrected chi connectivity index (χ1v) is 4.53. The molecule has 1 atom stereocenters. The molecule has 0 heterocycles. The van der Waals surface area contributed by atoms with E-state index in [1.807, 2.05) is 26.0 Å². The van der Waals surface area contributed by atoms with E-state index in [1.54, 1.807) is 7.11 Å². The Balaban J connectivity index is 3.30. The maximum absolute atomic E-state index is 6.05. The second-order valence-electron chi connectivity index (χ2n) is 3.15. The van der Waals surface area contributed by atoms with E-state index < -0.39 is 0 Å². The summed E-state index contributed by atoms with van der Waals surface area (Å²) in [5.74, 6) is 0.764. The summed E-state index contributed by atoms with van der Waals surface area (Å²) in [6.07, 6.45) is 0. The molecule has 0 bridgehead atoms. The highest BCUT2D eigenvalue weighted by Crippen LogP contribution is 2.32. The van der Waals surface area contributed by atoms with Crippen LogP contribution in [0.3, 0.4) is 0 Å². The lowest BCUT2D eigenvalue weighted by molar-refractivity contribution is 0.406. The van der Waals surface area contributed by atoms with Crippen molar-refractivity contribution in [1.82, 2.24) is 0 Å². The number of nitrogens with two attached hydrogens (primary N) is 1. The van der Waals surface area contributed by atoms with Crippen LogP contribution < -0.4 is 10.5 Å². The van der Waals surface area contributed by atoms with Crippen molar-refractivity contribution in [3.63, 3.8) is 0 Å². The van der Waals surface area contributed by atoms with Gasteiger partial charge in [-0.1, -0.05) is 11.6 Å². The van der Waals surface area contributed by atoms with Gasteiger partial charge in [0.05, 0.1) is 7.11 Å². The average Bonchev–Trinajstić information content (AvgIpc) is 2.01. The van der Waals surface area contributed by atoms with Gasteiger partial charge in [0.15, 0.2) is 0 Å². The van der Waals surface area contributed by atoms with E-state index in [0.29, 0.717) is 5.02 Å². The molecule has 0 saturated carbocycles. The smallest absolute Gasteiger partial charge is 0.125 e. The monoisotopic (exact) mass is 199 g/mol. The molecule has 0 saturated heterocycles. The average molecular weight is 200 g/mol. The minimum Gasteiger partial charge on any atom is -0.496 e. The molecule has 0 aliphatic heterocycles. The van der Waals surface area contributed by atoms with E-state index in [9.17, 15) is 0 Å². The van der Waals surface area contributed by atoms with Crippen LogP contribution in [0.15, 0.2) is 12.1 Å². The molecule has 0 spiro atoms. The number of hydrogen-bond donors (Lipinski definition) is 1. The van der Waals surface area contributed by atoms with Gasteiger partial charge in [-0.3, -0.25) is 0 Å². The molecule has 13 heavy (non-hydrogen) atoms. The predicted molar refractivity (Wildman–Crippen MR) is 55.3 cm³/mol. The van der Waals surface area contributed by atoms with Gasteiger partial charge in [0.25, 0.3) is 0 Å². The van der Waals surface area contributed by atoms with Crippen LogP contribution in [0.2, 0.25) is 5.02 Å². The number of benzene rings is 1. The molecule has 0 aliphatic rings. The summed E-state index contributed by atoms with van der Waals surface area (Å²) in [5.41, 5.74) is 7.72. The Morgan fingerprint density at radius 3 is 2.54 bits per heavy atom. The van der Waals surface area contributed by atoms with E-state index >= 15 is 0 Å². The second kappa shape index (κ2) is 3.99. The Kier molecular flexibility index (Phi) is 3.17. The largest absolute Gasteiger partial charge is 0.496 e. The molecule has 0 aliphatic carbocycles. The van der Waals surface area contributed by atoms with Crippen LogP contribution >= 0.6 is 11.6 Å². The maximum atomic E-state index is 6.05. The highest BCUT2D eigenvalue weighted by atomic mass is 35.5. The maximum Gasteiger partial charge on any atom is 0.125 e. The van der Waals surface area contributed by atoms with E-state index in [0.717, 1.165) is 16.9 Å². The van der Waals surface area contributed by atoms with Crippen molar-refractivity contribution in [3.05, 3.63) is 28.3 Å². The summed E-state index contributed by atoms with van der Waals surface area (Å²) >= 11 is 6.05. The Bertz CT molecular complexity index is 310. The molecule has 1 unspecified atom stereocenters. The van der Waals surface area contributed by atoms with E-state index in [2.05, 4.69) is 0 Å². The molecular formula is C10H14ClNO. The molecule has 1 rings (SSSR count). The lowest BCUT2D eigenvalue weighted by Crippen LogP contribution is -2.08. The van der Waals surface area contributed by atoms with Crippen molar-refractivity contribution >= 4 is 11.6 Å². The van der Waals surface area contributed by atoms with Crippen LogP contribution in [-0.4, -0.2) is 7.11 Å². The third-order valence-corrected chi connectivity index (χ3v) is 2.22. The van der Waals surface area contributed by atoms with Crippen molar-refractivity contribution in [2.75, 3.05) is 7.11 Å². The van der Waals surface area contributed by atoms with Gasteiger partial charge in [0.1, 0.15) is 5.75 Å². The summed E-state index contributed by atoms with van der Waals surface area (Å²) < 4.78 is 5.20. The van der Waals surface area contributed by atoms with E-state index in [1.165, 1.54) is 0 Å². The van der Waals surface area contributed by atoms with Crippen LogP contribution in [0.5, 0.6) is 5.75 Å². The van der Waals surface area contributed by atoms with Crippen molar-refractivity contribution in [3.8, 4) is 5.75 Å². The Labute approximate surface area is 83.6 Å². The van der Waals surface area contributed by atoms with Gasteiger partial charge in [-0.05, 0) is 31.5 Å². The lowest BCUT2D eigenvalue weighted by Gasteiger charge is -2.14. The molecule has 3 heteroatoms. The zero-order valence-electron chi connectivity index (χ0n) is 8.10. The van der Waals surface area contributed by atoms with Crippen LogP contribution in [0, 0.1) is 6.92 Å². The van der Waals surface area contributed by atoms with Gasteiger partial charge in [0.2, 0.25) is 0 Å². The Morgan fingerprint density at radius 1 is 1.46 bits per heavy atom. The van der Waals surface area contributed by atoms with Gasteiger partial charge in [-0.25, -0.2) is 0 Å². The first-order chi connectivity index (χ1) is 6.06. The van der Waals surface area contributed by atoms with Crippen LogP contribution in [0.1, 0.15) is 24.1 Å². The highest BCUT2D eigenvalue weighted by Gasteiger charge is 2.12. The zero-order chi connectivity index (χ0) is 10.0. The highest BCUT2D eigenvalue weighted by molar-refractivity contribution is 6.31. The first kappa shape index (κ1) is 10.4. The molecular weight excluding hydrogens is 186 g/mol. The summed E-state index contributed by atoms with van der Waals surface area (Å²) in [5, 5.41) is 0.673. The van der Waals surface area contributed by atoms with Gasteiger partial charge in [-0.2, -0.15) is 0 Å². The van der Waals surface area contributed by atoms with Crippen LogP contribution in [-0.2, 0) is 0 Å². The number of aryl methyl sites for hydroxylation is 1. The SMILES string of the molecule is COc1cc(C)cc(Cl)c1C(C)N. The summed E-state index contributed by atoms with van der Waals surface area (Å²) in [4.78, 5) is 0. The standard InChI is InChI=1S/C10H14ClNO/c1-6-4-8(11)10(7(2)12)9(5-6)13-3/h4-5,7H,12H2,1-3H3. The fourth-order valence-electron chi connectivity index (χ4n) is 1.33. The lowest BCUT2D eigenvalue weighted by atomic mass is 10.1. The first-order valence-electron chi connectivity index (χ1n) is 4.16. The molecule has 0 amide bonds. The van der Waals surface area contributed by atoms with Gasteiger partial charge in [-0.15, -0.1) is 0 Å². The Morgan fingerprint density at radius 2 is 2.08 bits per heavy atom. The van der Waals surface area contributed by atoms with E-state index in [4.69, 9.17) is 22.1 Å². The number of methoxy groups -OCH3 is 1. The minimum atomic E-state index is -0.108. The second-order valence-corrected chi connectivity index (χ2v) is 3.56. The van der Waals surface area contributed by atoms with Crippen molar-refractivity contribution < 1.29 is 4.74 Å². The summed E-state index contributed by atoms with van der Waals surface area (Å²) in [6, 6.07) is 3.72. The van der Waals surface area contributed by atoms with Crippen molar-refractivity contribution in [1.29, 1.82) is 0 Å². The fourth-order valence-corrected chi connectivity index (χ4v) is 1.77. The topological polar surface area (TPSA) is 35.2 Å². The quantitative estimate of drug-likeness (QED) is 0.795. The number of ether oxygens (including phenoxy) is 1. The molecule has 2 N–H and O–H groups in total.